The quantitative estimate of drug-likeness (QED) is 0.707. The van der Waals surface area contributed by atoms with Crippen LogP contribution in [0.4, 0.5) is 0 Å². The molecule has 0 N–H and O–H groups in total. The van der Waals surface area contributed by atoms with Gasteiger partial charge in [-0.3, -0.25) is 4.79 Å². The highest BCUT2D eigenvalue weighted by Gasteiger charge is 2.07. The van der Waals surface area contributed by atoms with Gasteiger partial charge < -0.3 is 4.74 Å². The third kappa shape index (κ3) is 3.74. The normalized spacial score (nSPS) is 12.2. The maximum Gasteiger partial charge on any atom is 0.303 e. The van der Waals surface area contributed by atoms with Crippen LogP contribution in [0.25, 0.3) is 0 Å². The lowest BCUT2D eigenvalue weighted by atomic mass is 10.1. The van der Waals surface area contributed by atoms with E-state index in [1.807, 2.05) is 19.1 Å². The molecule has 15 heavy (non-hydrogen) atoms. The number of benzene rings is 1. The first kappa shape index (κ1) is 11.8. The lowest BCUT2D eigenvalue weighted by Gasteiger charge is -2.12. The second-order valence-electron chi connectivity index (χ2n) is 3.74. The van der Waals surface area contributed by atoms with Crippen molar-refractivity contribution in [1.82, 2.24) is 0 Å². The van der Waals surface area contributed by atoms with E-state index in [4.69, 9.17) is 4.74 Å². The van der Waals surface area contributed by atoms with Gasteiger partial charge in [0.2, 0.25) is 0 Å². The van der Waals surface area contributed by atoms with Crippen LogP contribution in [0.5, 0.6) is 0 Å². The number of hydrogen-bond donors (Lipinski definition) is 0. The topological polar surface area (TPSA) is 26.3 Å². The number of esters is 1. The summed E-state index contributed by atoms with van der Waals surface area (Å²) >= 11 is 0. The summed E-state index contributed by atoms with van der Waals surface area (Å²) in [5, 5.41) is 0. The molecule has 0 bridgehead atoms. The number of ether oxygens (including phenoxy) is 1. The predicted octanol–water partition coefficient (Wildman–Crippen LogP) is 3.26. The molecule has 1 rings (SSSR count). The van der Waals surface area contributed by atoms with E-state index in [0.717, 1.165) is 18.4 Å². The first-order valence-electron chi connectivity index (χ1n) is 5.39. The maximum absolute atomic E-state index is 10.8. The van der Waals surface area contributed by atoms with Crippen LogP contribution in [-0.2, 0) is 16.0 Å². The largest absolute Gasteiger partial charge is 0.458 e. The van der Waals surface area contributed by atoms with Crippen LogP contribution in [0.3, 0.4) is 0 Å². The summed E-state index contributed by atoms with van der Waals surface area (Å²) in [6, 6.07) is 8.24. The zero-order valence-electron chi connectivity index (χ0n) is 9.62. The number of hydrogen-bond acceptors (Lipinski definition) is 2. The van der Waals surface area contributed by atoms with Crippen molar-refractivity contribution in [2.24, 2.45) is 0 Å². The number of rotatable bonds is 4. The van der Waals surface area contributed by atoms with E-state index in [9.17, 15) is 4.79 Å². The van der Waals surface area contributed by atoms with E-state index in [2.05, 4.69) is 19.1 Å². The Kier molecular flexibility index (Phi) is 4.35. The van der Waals surface area contributed by atoms with Gasteiger partial charge in [0, 0.05) is 6.92 Å². The minimum absolute atomic E-state index is 0.154. The molecular formula is C13H18O2. The number of carbonyl (C=O) groups excluding carboxylic acids is 1. The van der Waals surface area contributed by atoms with Crippen LogP contribution in [0.15, 0.2) is 24.3 Å². The Labute approximate surface area is 91.3 Å². The molecule has 0 saturated heterocycles. The van der Waals surface area contributed by atoms with Gasteiger partial charge in [-0.2, -0.15) is 0 Å². The second kappa shape index (κ2) is 5.54. The van der Waals surface area contributed by atoms with Gasteiger partial charge in [-0.25, -0.2) is 0 Å². The van der Waals surface area contributed by atoms with Crippen LogP contribution >= 0.6 is 0 Å². The standard InChI is InChI=1S/C13H18O2/c1-4-5-12-6-8-13(9-7-12)10(2)15-11(3)14/h6-10H,4-5H2,1-3H3/t10-/m1/s1. The second-order valence-corrected chi connectivity index (χ2v) is 3.74. The molecule has 1 atom stereocenters. The van der Waals surface area contributed by atoms with Gasteiger partial charge >= 0.3 is 5.97 Å². The molecule has 2 nitrogen and oxygen atoms in total. The van der Waals surface area contributed by atoms with E-state index in [1.165, 1.54) is 12.5 Å². The molecule has 2 heteroatoms. The van der Waals surface area contributed by atoms with E-state index < -0.39 is 0 Å². The smallest absolute Gasteiger partial charge is 0.303 e. The predicted molar refractivity (Wildman–Crippen MR) is 60.6 cm³/mol. The van der Waals surface area contributed by atoms with Crippen molar-refractivity contribution in [1.29, 1.82) is 0 Å². The first-order valence-corrected chi connectivity index (χ1v) is 5.39. The van der Waals surface area contributed by atoms with E-state index in [1.54, 1.807) is 0 Å². The number of aryl methyl sites for hydroxylation is 1. The van der Waals surface area contributed by atoms with E-state index >= 15 is 0 Å². The fraction of sp³-hybridized carbons (Fsp3) is 0.462. The molecule has 0 amide bonds. The van der Waals surface area contributed by atoms with Crippen molar-refractivity contribution in [3.05, 3.63) is 35.4 Å². The molecular weight excluding hydrogens is 188 g/mol. The minimum Gasteiger partial charge on any atom is -0.458 e. The van der Waals surface area contributed by atoms with E-state index in [0.29, 0.717) is 0 Å². The first-order chi connectivity index (χ1) is 7.13. The Balaban J connectivity index is 2.66. The highest BCUT2D eigenvalue weighted by Crippen LogP contribution is 2.17. The summed E-state index contributed by atoms with van der Waals surface area (Å²) < 4.78 is 5.10. The Morgan fingerprint density at radius 2 is 1.93 bits per heavy atom. The average Bonchev–Trinajstić information content (AvgIpc) is 2.18. The van der Waals surface area contributed by atoms with Gasteiger partial charge in [-0.15, -0.1) is 0 Å². The number of carbonyl (C=O) groups is 1. The molecule has 0 saturated carbocycles. The lowest BCUT2D eigenvalue weighted by molar-refractivity contribution is -0.145. The van der Waals surface area contributed by atoms with Gasteiger partial charge in [0.05, 0.1) is 0 Å². The third-order valence-electron chi connectivity index (χ3n) is 2.33. The van der Waals surface area contributed by atoms with Gasteiger partial charge in [-0.05, 0) is 24.5 Å². The molecule has 0 unspecified atom stereocenters. The van der Waals surface area contributed by atoms with Gasteiger partial charge in [-0.1, -0.05) is 37.6 Å². The molecule has 0 radical (unpaired) electrons. The van der Waals surface area contributed by atoms with Gasteiger partial charge in [0.25, 0.3) is 0 Å². The summed E-state index contributed by atoms with van der Waals surface area (Å²) in [7, 11) is 0. The van der Waals surface area contributed by atoms with Crippen LogP contribution in [0, 0.1) is 0 Å². The molecule has 0 fully saturated rings. The Morgan fingerprint density at radius 3 is 2.40 bits per heavy atom. The fourth-order valence-electron chi connectivity index (χ4n) is 1.56. The van der Waals surface area contributed by atoms with Gasteiger partial charge in [0.15, 0.2) is 0 Å². The summed E-state index contributed by atoms with van der Waals surface area (Å²) in [6.07, 6.45) is 2.10. The molecule has 82 valence electrons. The van der Waals surface area contributed by atoms with Crippen LogP contribution in [-0.4, -0.2) is 5.97 Å². The highest BCUT2D eigenvalue weighted by molar-refractivity contribution is 5.66. The van der Waals surface area contributed by atoms with Crippen molar-refractivity contribution in [3.8, 4) is 0 Å². The monoisotopic (exact) mass is 206 g/mol. The minimum atomic E-state index is -0.236. The Morgan fingerprint density at radius 1 is 1.33 bits per heavy atom. The molecule has 0 heterocycles. The molecule has 0 aliphatic heterocycles. The zero-order chi connectivity index (χ0) is 11.3. The molecule has 1 aromatic carbocycles. The molecule has 0 spiro atoms. The van der Waals surface area contributed by atoms with Crippen molar-refractivity contribution >= 4 is 5.97 Å². The third-order valence-corrected chi connectivity index (χ3v) is 2.33. The summed E-state index contributed by atoms with van der Waals surface area (Å²) in [4.78, 5) is 10.8. The average molecular weight is 206 g/mol. The molecule has 1 aromatic rings. The van der Waals surface area contributed by atoms with Crippen molar-refractivity contribution in [3.63, 3.8) is 0 Å². The van der Waals surface area contributed by atoms with Crippen molar-refractivity contribution in [2.75, 3.05) is 0 Å². The summed E-state index contributed by atoms with van der Waals surface area (Å²) in [5.41, 5.74) is 2.38. The zero-order valence-corrected chi connectivity index (χ0v) is 9.62. The molecule has 0 aliphatic carbocycles. The highest BCUT2D eigenvalue weighted by atomic mass is 16.5. The maximum atomic E-state index is 10.8. The fourth-order valence-corrected chi connectivity index (χ4v) is 1.56. The SMILES string of the molecule is CCCc1ccc([C@@H](C)OC(C)=O)cc1. The van der Waals surface area contributed by atoms with Crippen LogP contribution in [0.1, 0.15) is 44.4 Å². The van der Waals surface area contributed by atoms with Gasteiger partial charge in [0.1, 0.15) is 6.10 Å². The summed E-state index contributed by atoms with van der Waals surface area (Å²) in [5.74, 6) is -0.236. The summed E-state index contributed by atoms with van der Waals surface area (Å²) in [6.45, 7) is 5.48. The van der Waals surface area contributed by atoms with E-state index in [-0.39, 0.29) is 12.1 Å². The molecule has 0 aliphatic rings. The van der Waals surface area contributed by atoms with Crippen molar-refractivity contribution in [2.45, 2.75) is 39.7 Å². The lowest BCUT2D eigenvalue weighted by Crippen LogP contribution is -2.04. The Bertz CT molecular complexity index is 314. The van der Waals surface area contributed by atoms with Crippen molar-refractivity contribution < 1.29 is 9.53 Å². The van der Waals surface area contributed by atoms with Crippen LogP contribution < -0.4 is 0 Å². The Hall–Kier alpha value is -1.31. The molecule has 0 aromatic heterocycles. The van der Waals surface area contributed by atoms with Crippen LogP contribution in [0.2, 0.25) is 0 Å².